The summed E-state index contributed by atoms with van der Waals surface area (Å²) in [6.45, 7) is 9.66. The van der Waals surface area contributed by atoms with Gasteiger partial charge in [0.05, 0.1) is 0 Å². The van der Waals surface area contributed by atoms with Crippen molar-refractivity contribution in [3.63, 3.8) is 0 Å². The molecular weight excluding hydrogens is 158 g/mol. The fourth-order valence-electron chi connectivity index (χ4n) is 0.993. The molecule has 0 rings (SSSR count). The van der Waals surface area contributed by atoms with E-state index in [0.717, 1.165) is 32.5 Å². The van der Waals surface area contributed by atoms with Crippen LogP contribution in [-0.2, 0) is 0 Å². The molecule has 0 radical (unpaired) electrons. The molecule has 0 heterocycles. The lowest BCUT2D eigenvalue weighted by Gasteiger charge is -2.15. The van der Waals surface area contributed by atoms with E-state index in [4.69, 9.17) is 0 Å². The van der Waals surface area contributed by atoms with E-state index in [1.54, 1.807) is 0 Å². The molecule has 0 aliphatic rings. The Bertz CT molecular complexity index is 217. The van der Waals surface area contributed by atoms with Crippen molar-refractivity contribution < 1.29 is 0 Å². The lowest BCUT2D eigenvalue weighted by Crippen LogP contribution is -2.23. The monoisotopic (exact) mass is 177 g/mol. The fraction of sp³-hybridized carbons (Fsp3) is 0.667. The standard InChI is InChI=1S/C12H19N/c1-4-7-8-9-10-11-12-13(5-2)6-3/h4-6,11-12H2,1-3H3. The molecule has 0 aromatic carbocycles. The largest absolute Gasteiger partial charge is 0.303 e. The summed E-state index contributed by atoms with van der Waals surface area (Å²) in [6, 6.07) is 0. The Hall–Kier alpha value is -0.920. The highest BCUT2D eigenvalue weighted by atomic mass is 15.1. The average molecular weight is 177 g/mol. The summed E-state index contributed by atoms with van der Waals surface area (Å²) >= 11 is 0. The molecule has 0 spiro atoms. The topological polar surface area (TPSA) is 3.24 Å². The summed E-state index contributed by atoms with van der Waals surface area (Å²) in [4.78, 5) is 2.36. The molecule has 1 heteroatoms. The predicted octanol–water partition coefficient (Wildman–Crippen LogP) is 2.14. The van der Waals surface area contributed by atoms with E-state index in [9.17, 15) is 0 Å². The van der Waals surface area contributed by atoms with E-state index in [-0.39, 0.29) is 0 Å². The number of nitrogens with zero attached hydrogens (tertiary/aromatic N) is 1. The van der Waals surface area contributed by atoms with Gasteiger partial charge in [-0.3, -0.25) is 0 Å². The highest BCUT2D eigenvalue weighted by Crippen LogP contribution is 1.88. The predicted molar refractivity (Wildman–Crippen MR) is 58.2 cm³/mol. The number of hydrogen-bond acceptors (Lipinski definition) is 1. The molecule has 0 amide bonds. The van der Waals surface area contributed by atoms with Crippen molar-refractivity contribution >= 4 is 0 Å². The quantitative estimate of drug-likeness (QED) is 0.595. The van der Waals surface area contributed by atoms with Gasteiger partial charge in [-0.2, -0.15) is 0 Å². The minimum Gasteiger partial charge on any atom is -0.303 e. The third-order valence-electron chi connectivity index (χ3n) is 1.86. The molecule has 72 valence electrons. The number of hydrogen-bond donors (Lipinski definition) is 0. The van der Waals surface area contributed by atoms with Crippen LogP contribution in [0, 0.1) is 23.7 Å². The molecular formula is C12H19N. The SMILES string of the molecule is CCC#CC#CCCN(CC)CC. The number of rotatable bonds is 4. The van der Waals surface area contributed by atoms with E-state index in [1.807, 2.05) is 6.92 Å². The Balaban J connectivity index is 3.57. The van der Waals surface area contributed by atoms with Crippen LogP contribution in [0.1, 0.15) is 33.6 Å². The molecule has 0 bridgehead atoms. The zero-order valence-electron chi connectivity index (χ0n) is 8.98. The van der Waals surface area contributed by atoms with Gasteiger partial charge in [0.2, 0.25) is 0 Å². The first kappa shape index (κ1) is 12.1. The van der Waals surface area contributed by atoms with Crippen LogP contribution < -0.4 is 0 Å². The summed E-state index contributed by atoms with van der Waals surface area (Å²) in [7, 11) is 0. The van der Waals surface area contributed by atoms with Crippen molar-refractivity contribution in [2.75, 3.05) is 19.6 Å². The molecule has 13 heavy (non-hydrogen) atoms. The van der Waals surface area contributed by atoms with Crippen LogP contribution >= 0.6 is 0 Å². The normalized spacial score (nSPS) is 8.62. The van der Waals surface area contributed by atoms with Crippen LogP contribution in [0.5, 0.6) is 0 Å². The van der Waals surface area contributed by atoms with Gasteiger partial charge in [0.1, 0.15) is 0 Å². The fourth-order valence-corrected chi connectivity index (χ4v) is 0.993. The van der Waals surface area contributed by atoms with Gasteiger partial charge in [0, 0.05) is 19.4 Å². The first-order chi connectivity index (χ1) is 6.35. The first-order valence-electron chi connectivity index (χ1n) is 5.03. The summed E-state index contributed by atoms with van der Waals surface area (Å²) in [5.74, 6) is 11.6. The Labute approximate surface area is 82.5 Å². The molecule has 0 saturated carbocycles. The van der Waals surface area contributed by atoms with Crippen LogP contribution in [0.25, 0.3) is 0 Å². The van der Waals surface area contributed by atoms with Gasteiger partial charge in [0.25, 0.3) is 0 Å². The summed E-state index contributed by atoms with van der Waals surface area (Å²) < 4.78 is 0. The van der Waals surface area contributed by atoms with Gasteiger partial charge in [-0.15, -0.1) is 0 Å². The molecule has 0 unspecified atom stereocenters. The minimum absolute atomic E-state index is 0.894. The van der Waals surface area contributed by atoms with Crippen LogP contribution in [0.3, 0.4) is 0 Å². The Kier molecular flexibility index (Phi) is 8.52. The maximum atomic E-state index is 3.05. The van der Waals surface area contributed by atoms with E-state index in [0.29, 0.717) is 0 Å². The van der Waals surface area contributed by atoms with Crippen molar-refractivity contribution in [1.82, 2.24) is 4.90 Å². The Morgan fingerprint density at radius 2 is 1.54 bits per heavy atom. The maximum absolute atomic E-state index is 3.05. The molecule has 1 nitrogen and oxygen atoms in total. The van der Waals surface area contributed by atoms with Crippen molar-refractivity contribution in [3.05, 3.63) is 0 Å². The zero-order chi connectivity index (χ0) is 9.94. The lowest BCUT2D eigenvalue weighted by molar-refractivity contribution is 0.312. The van der Waals surface area contributed by atoms with E-state index in [1.165, 1.54) is 0 Å². The third kappa shape index (κ3) is 7.44. The average Bonchev–Trinajstić information content (AvgIpc) is 2.17. The van der Waals surface area contributed by atoms with Crippen LogP contribution in [-0.4, -0.2) is 24.5 Å². The third-order valence-corrected chi connectivity index (χ3v) is 1.86. The highest BCUT2D eigenvalue weighted by Gasteiger charge is 1.94. The zero-order valence-corrected chi connectivity index (χ0v) is 8.98. The van der Waals surface area contributed by atoms with Gasteiger partial charge >= 0.3 is 0 Å². The maximum Gasteiger partial charge on any atom is 0.0227 e. The van der Waals surface area contributed by atoms with Crippen molar-refractivity contribution in [1.29, 1.82) is 0 Å². The van der Waals surface area contributed by atoms with Gasteiger partial charge in [-0.25, -0.2) is 0 Å². The van der Waals surface area contributed by atoms with Crippen LogP contribution in [0.15, 0.2) is 0 Å². The molecule has 0 aliphatic heterocycles. The molecule has 0 atom stereocenters. The molecule has 0 saturated heterocycles. The lowest BCUT2D eigenvalue weighted by atomic mass is 10.3. The molecule has 0 N–H and O–H groups in total. The second-order valence-electron chi connectivity index (χ2n) is 2.73. The van der Waals surface area contributed by atoms with Gasteiger partial charge in [-0.05, 0) is 24.9 Å². The van der Waals surface area contributed by atoms with E-state index in [2.05, 4.69) is 42.4 Å². The molecule has 0 aromatic heterocycles. The second-order valence-corrected chi connectivity index (χ2v) is 2.73. The Morgan fingerprint density at radius 3 is 2.08 bits per heavy atom. The highest BCUT2D eigenvalue weighted by molar-refractivity contribution is 5.25. The first-order valence-corrected chi connectivity index (χ1v) is 5.03. The van der Waals surface area contributed by atoms with Crippen molar-refractivity contribution in [2.45, 2.75) is 33.6 Å². The molecule has 0 fully saturated rings. The van der Waals surface area contributed by atoms with Gasteiger partial charge in [0.15, 0.2) is 0 Å². The summed E-state index contributed by atoms with van der Waals surface area (Å²) in [5, 5.41) is 0. The van der Waals surface area contributed by atoms with Gasteiger partial charge in [-0.1, -0.05) is 32.6 Å². The van der Waals surface area contributed by atoms with E-state index >= 15 is 0 Å². The smallest absolute Gasteiger partial charge is 0.0227 e. The van der Waals surface area contributed by atoms with E-state index < -0.39 is 0 Å². The second kappa shape index (κ2) is 9.17. The van der Waals surface area contributed by atoms with Crippen LogP contribution in [0.4, 0.5) is 0 Å². The Morgan fingerprint density at radius 1 is 0.923 bits per heavy atom. The van der Waals surface area contributed by atoms with Gasteiger partial charge < -0.3 is 4.90 Å². The summed E-state index contributed by atoms with van der Waals surface area (Å²) in [6.07, 6.45) is 1.82. The summed E-state index contributed by atoms with van der Waals surface area (Å²) in [5.41, 5.74) is 0. The van der Waals surface area contributed by atoms with Crippen LogP contribution in [0.2, 0.25) is 0 Å². The minimum atomic E-state index is 0.894. The van der Waals surface area contributed by atoms with Crippen molar-refractivity contribution in [2.24, 2.45) is 0 Å². The molecule has 0 aromatic rings. The molecule has 0 aliphatic carbocycles. The van der Waals surface area contributed by atoms with Crippen molar-refractivity contribution in [3.8, 4) is 23.7 Å².